The molecule has 0 atom stereocenters. The van der Waals surface area contributed by atoms with Crippen LogP contribution >= 0.6 is 0 Å². The molecule has 0 radical (unpaired) electrons. The third-order valence-corrected chi connectivity index (χ3v) is 1.17. The minimum atomic E-state index is -0.245. The molecule has 0 aliphatic heterocycles. The minimum absolute atomic E-state index is 0.0278. The second-order valence-corrected chi connectivity index (χ2v) is 2.54. The van der Waals surface area contributed by atoms with Crippen molar-refractivity contribution in [2.45, 2.75) is 20.8 Å². The van der Waals surface area contributed by atoms with Crippen LogP contribution in [0.25, 0.3) is 0 Å². The first-order chi connectivity index (χ1) is 8.10. The van der Waals surface area contributed by atoms with E-state index < -0.39 is 0 Å². The van der Waals surface area contributed by atoms with Crippen LogP contribution in [0.4, 0.5) is 0 Å². The Morgan fingerprint density at radius 3 is 1.47 bits per heavy atom. The number of ether oxygens (including phenoxy) is 3. The van der Waals surface area contributed by atoms with Crippen LogP contribution in [0.2, 0.25) is 0 Å². The van der Waals surface area contributed by atoms with E-state index in [1.807, 2.05) is 13.8 Å². The number of aliphatic hydroxyl groups is 2. The average molecular weight is 254 g/mol. The Balaban J connectivity index is -0.000000177. The highest BCUT2D eigenvalue weighted by Gasteiger charge is 1.79. The number of hydrogen-bond donors (Lipinski definition) is 2. The molecule has 6 nitrogen and oxygen atoms in total. The fraction of sp³-hybridized carbons (Fsp3) is 0.909. The standard InChI is InChI=1S/C4H10O3.C4H10O.C3H6O2/c5-1-3-7-4-2-6;1-3-5-4-2;1-3(4)5-2/h5-6H,1-4H2;3-4H2,1-2H3;1-2H3. The third-order valence-electron chi connectivity index (χ3n) is 1.17. The first-order valence-electron chi connectivity index (χ1n) is 5.52. The Morgan fingerprint density at radius 1 is 1.00 bits per heavy atom. The van der Waals surface area contributed by atoms with Gasteiger partial charge in [0.1, 0.15) is 0 Å². The van der Waals surface area contributed by atoms with Crippen LogP contribution in [0.5, 0.6) is 0 Å². The summed E-state index contributed by atoms with van der Waals surface area (Å²) in [7, 11) is 1.35. The topological polar surface area (TPSA) is 85.2 Å². The lowest BCUT2D eigenvalue weighted by molar-refractivity contribution is -0.137. The Morgan fingerprint density at radius 2 is 1.35 bits per heavy atom. The Bertz CT molecular complexity index is 123. The van der Waals surface area contributed by atoms with Crippen LogP contribution in [0.1, 0.15) is 20.8 Å². The van der Waals surface area contributed by atoms with Gasteiger partial charge in [-0.1, -0.05) is 0 Å². The maximum Gasteiger partial charge on any atom is 0.302 e. The van der Waals surface area contributed by atoms with Crippen molar-refractivity contribution < 1.29 is 29.2 Å². The zero-order chi connectivity index (χ0) is 13.9. The fourth-order valence-corrected chi connectivity index (χ4v) is 0.435. The van der Waals surface area contributed by atoms with Crippen molar-refractivity contribution in [3.05, 3.63) is 0 Å². The van der Waals surface area contributed by atoms with Crippen molar-refractivity contribution in [1.29, 1.82) is 0 Å². The molecule has 0 spiro atoms. The van der Waals surface area contributed by atoms with Crippen LogP contribution < -0.4 is 0 Å². The van der Waals surface area contributed by atoms with Crippen molar-refractivity contribution in [1.82, 2.24) is 0 Å². The maximum absolute atomic E-state index is 9.59. The number of rotatable bonds is 6. The van der Waals surface area contributed by atoms with Gasteiger partial charge >= 0.3 is 5.97 Å². The molecule has 0 rings (SSSR count). The summed E-state index contributed by atoms with van der Waals surface area (Å²) < 4.78 is 13.6. The number of carbonyl (C=O) groups is 1. The highest BCUT2D eigenvalue weighted by Crippen LogP contribution is 1.68. The second-order valence-electron chi connectivity index (χ2n) is 2.54. The Hall–Kier alpha value is -0.690. The molecule has 0 saturated carbocycles. The van der Waals surface area contributed by atoms with E-state index >= 15 is 0 Å². The van der Waals surface area contributed by atoms with Crippen molar-refractivity contribution in [2.24, 2.45) is 0 Å². The summed E-state index contributed by atoms with van der Waals surface area (Å²) in [4.78, 5) is 9.59. The molecule has 0 saturated heterocycles. The van der Waals surface area contributed by atoms with E-state index in [1.165, 1.54) is 14.0 Å². The molecular formula is C11H26O6. The van der Waals surface area contributed by atoms with E-state index in [0.717, 1.165) is 13.2 Å². The molecular weight excluding hydrogens is 228 g/mol. The Kier molecular flexibility index (Phi) is 31.1. The first kappa shape index (κ1) is 21.6. The van der Waals surface area contributed by atoms with Crippen LogP contribution in [-0.4, -0.2) is 62.9 Å². The van der Waals surface area contributed by atoms with Crippen molar-refractivity contribution >= 4 is 5.97 Å². The van der Waals surface area contributed by atoms with Gasteiger partial charge in [-0.05, 0) is 13.8 Å². The van der Waals surface area contributed by atoms with Crippen molar-refractivity contribution in [3.8, 4) is 0 Å². The molecule has 2 N–H and O–H groups in total. The second kappa shape index (κ2) is 24.5. The van der Waals surface area contributed by atoms with Gasteiger partial charge in [-0.2, -0.15) is 0 Å². The molecule has 0 aromatic heterocycles. The summed E-state index contributed by atoms with van der Waals surface area (Å²) in [6.45, 7) is 7.72. The van der Waals surface area contributed by atoms with Gasteiger partial charge in [-0.25, -0.2) is 0 Å². The van der Waals surface area contributed by atoms with Gasteiger partial charge < -0.3 is 24.4 Å². The van der Waals surface area contributed by atoms with Gasteiger partial charge in [-0.3, -0.25) is 4.79 Å². The number of hydrogen-bond acceptors (Lipinski definition) is 6. The van der Waals surface area contributed by atoms with Crippen LogP contribution in [0.3, 0.4) is 0 Å². The van der Waals surface area contributed by atoms with Gasteiger partial charge in [0.15, 0.2) is 0 Å². The van der Waals surface area contributed by atoms with E-state index in [-0.39, 0.29) is 19.2 Å². The van der Waals surface area contributed by atoms with Gasteiger partial charge in [0.25, 0.3) is 0 Å². The van der Waals surface area contributed by atoms with E-state index in [2.05, 4.69) is 9.47 Å². The molecule has 106 valence electrons. The van der Waals surface area contributed by atoms with Crippen molar-refractivity contribution in [3.63, 3.8) is 0 Å². The lowest BCUT2D eigenvalue weighted by Crippen LogP contribution is -2.03. The normalized spacial score (nSPS) is 8.35. The molecule has 6 heteroatoms. The number of aliphatic hydroxyl groups excluding tert-OH is 2. The zero-order valence-electron chi connectivity index (χ0n) is 11.3. The van der Waals surface area contributed by atoms with Crippen molar-refractivity contribution in [2.75, 3.05) is 46.8 Å². The fourth-order valence-electron chi connectivity index (χ4n) is 0.435. The van der Waals surface area contributed by atoms with Gasteiger partial charge in [0.05, 0.1) is 33.5 Å². The predicted octanol–water partition coefficient (Wildman–Crippen LogP) is 0.210. The molecule has 0 aliphatic carbocycles. The number of methoxy groups -OCH3 is 1. The quantitative estimate of drug-likeness (QED) is 0.520. The molecule has 17 heavy (non-hydrogen) atoms. The summed E-state index contributed by atoms with van der Waals surface area (Å²) in [6, 6.07) is 0. The van der Waals surface area contributed by atoms with Gasteiger partial charge in [-0.15, -0.1) is 0 Å². The molecule has 0 heterocycles. The molecule has 0 amide bonds. The Labute approximate surface area is 103 Å². The van der Waals surface area contributed by atoms with Crippen LogP contribution in [-0.2, 0) is 19.0 Å². The summed E-state index contributed by atoms with van der Waals surface area (Å²) in [6.07, 6.45) is 0. The van der Waals surface area contributed by atoms with Crippen LogP contribution in [0.15, 0.2) is 0 Å². The lowest BCUT2D eigenvalue weighted by Gasteiger charge is -1.94. The summed E-state index contributed by atoms with van der Waals surface area (Å²) in [5, 5.41) is 16.2. The van der Waals surface area contributed by atoms with E-state index in [0.29, 0.717) is 13.2 Å². The SMILES string of the molecule is CCOCC.COC(C)=O.OCCOCCO. The highest BCUT2D eigenvalue weighted by atomic mass is 16.5. The first-order valence-corrected chi connectivity index (χ1v) is 5.52. The summed E-state index contributed by atoms with van der Waals surface area (Å²) in [5.41, 5.74) is 0. The minimum Gasteiger partial charge on any atom is -0.469 e. The molecule has 0 aliphatic rings. The monoisotopic (exact) mass is 254 g/mol. The van der Waals surface area contributed by atoms with Crippen LogP contribution in [0, 0.1) is 0 Å². The predicted molar refractivity (Wildman–Crippen MR) is 64.8 cm³/mol. The van der Waals surface area contributed by atoms with E-state index in [1.54, 1.807) is 0 Å². The average Bonchev–Trinajstić information content (AvgIpc) is 2.32. The smallest absolute Gasteiger partial charge is 0.302 e. The van der Waals surface area contributed by atoms with E-state index in [4.69, 9.17) is 14.9 Å². The maximum atomic E-state index is 9.59. The summed E-state index contributed by atoms with van der Waals surface area (Å²) >= 11 is 0. The molecule has 0 aromatic rings. The largest absolute Gasteiger partial charge is 0.469 e. The molecule has 0 unspecified atom stereocenters. The van der Waals surface area contributed by atoms with Gasteiger partial charge in [0, 0.05) is 20.1 Å². The zero-order valence-corrected chi connectivity index (χ0v) is 11.3. The van der Waals surface area contributed by atoms with E-state index in [9.17, 15) is 4.79 Å². The number of esters is 1. The third kappa shape index (κ3) is 50.8. The lowest BCUT2D eigenvalue weighted by atomic mass is 10.7. The molecule has 0 fully saturated rings. The number of carbonyl (C=O) groups excluding carboxylic acids is 1. The molecule has 0 aromatic carbocycles. The highest BCUT2D eigenvalue weighted by molar-refractivity contribution is 5.65. The molecule has 0 bridgehead atoms. The van der Waals surface area contributed by atoms with Gasteiger partial charge in [0.2, 0.25) is 0 Å². The summed E-state index contributed by atoms with van der Waals surface area (Å²) in [5.74, 6) is -0.245.